The molecule has 10 heteroatoms. The number of hydrogen-bond donors (Lipinski definition) is 0. The van der Waals surface area contributed by atoms with Gasteiger partial charge in [-0.2, -0.15) is 0 Å². The molecule has 0 saturated carbocycles. The maximum absolute atomic E-state index is 11.7. The van der Waals surface area contributed by atoms with E-state index in [1.165, 1.54) is 28.4 Å². The smallest absolute Gasteiger partial charge is 0.306 e. The van der Waals surface area contributed by atoms with Crippen molar-refractivity contribution in [3.05, 3.63) is 35.4 Å². The van der Waals surface area contributed by atoms with Crippen LogP contribution in [0.4, 0.5) is 0 Å². The average Bonchev–Trinajstić information content (AvgIpc) is 2.86. The summed E-state index contributed by atoms with van der Waals surface area (Å²) in [7, 11) is 5.36. The van der Waals surface area contributed by atoms with Gasteiger partial charge in [0.1, 0.15) is 0 Å². The molecule has 0 radical (unpaired) electrons. The number of nitrogens with zero attached hydrogens (tertiary/aromatic N) is 2. The Morgan fingerprint density at radius 2 is 0.824 bits per heavy atom. The van der Waals surface area contributed by atoms with Crippen molar-refractivity contribution in [1.82, 2.24) is 9.80 Å². The van der Waals surface area contributed by atoms with Crippen LogP contribution in [-0.4, -0.2) is 88.3 Å². The summed E-state index contributed by atoms with van der Waals surface area (Å²) < 4.78 is 19.0. The molecule has 34 heavy (non-hydrogen) atoms. The van der Waals surface area contributed by atoms with Crippen LogP contribution >= 0.6 is 0 Å². The molecule has 10 nitrogen and oxygen atoms in total. The van der Waals surface area contributed by atoms with E-state index in [1.54, 1.807) is 0 Å². The number of hydrogen-bond acceptors (Lipinski definition) is 10. The summed E-state index contributed by atoms with van der Waals surface area (Å²) in [6.45, 7) is 2.70. The number of benzene rings is 1. The Labute approximate surface area is 201 Å². The van der Waals surface area contributed by atoms with Gasteiger partial charge >= 0.3 is 23.9 Å². The second kappa shape index (κ2) is 16.6. The van der Waals surface area contributed by atoms with Crippen LogP contribution in [-0.2, 0) is 51.2 Å². The summed E-state index contributed by atoms with van der Waals surface area (Å²) in [4.78, 5) is 50.6. The molecule has 0 aliphatic carbocycles. The second-order valence-corrected chi connectivity index (χ2v) is 7.63. The monoisotopic (exact) mass is 480 g/mol. The predicted molar refractivity (Wildman–Crippen MR) is 124 cm³/mol. The van der Waals surface area contributed by atoms with Crippen LogP contribution in [0.1, 0.15) is 36.8 Å². The van der Waals surface area contributed by atoms with Gasteiger partial charge in [-0.3, -0.25) is 29.0 Å². The SMILES string of the molecule is COC(=O)CCN(CCC(=O)OC)Cc1ccccc1CN(CCC(=O)OC)CCC(=O)OC. The average molecular weight is 481 g/mol. The van der Waals surface area contributed by atoms with Crippen LogP contribution in [0.2, 0.25) is 0 Å². The van der Waals surface area contributed by atoms with Crippen molar-refractivity contribution in [2.45, 2.75) is 38.8 Å². The van der Waals surface area contributed by atoms with Gasteiger partial charge in [0.05, 0.1) is 54.1 Å². The molecule has 0 atom stereocenters. The molecule has 1 rings (SSSR count). The van der Waals surface area contributed by atoms with Crippen LogP contribution in [0.5, 0.6) is 0 Å². The largest absolute Gasteiger partial charge is 0.469 e. The highest BCUT2D eigenvalue weighted by Gasteiger charge is 2.17. The summed E-state index contributed by atoms with van der Waals surface area (Å²) in [5, 5.41) is 0. The van der Waals surface area contributed by atoms with Gasteiger partial charge in [0.15, 0.2) is 0 Å². The molecule has 190 valence electrons. The van der Waals surface area contributed by atoms with Gasteiger partial charge in [-0.1, -0.05) is 24.3 Å². The fraction of sp³-hybridized carbons (Fsp3) is 0.583. The quantitative estimate of drug-likeness (QED) is 0.255. The Hall–Kier alpha value is -2.98. The summed E-state index contributed by atoms with van der Waals surface area (Å²) in [6, 6.07) is 7.81. The van der Waals surface area contributed by atoms with E-state index in [1.807, 2.05) is 34.1 Å². The summed E-state index contributed by atoms with van der Waals surface area (Å²) in [5.41, 5.74) is 2.02. The van der Waals surface area contributed by atoms with E-state index in [9.17, 15) is 19.2 Å². The molecule has 0 unspecified atom stereocenters. The molecule has 0 bridgehead atoms. The van der Waals surface area contributed by atoms with E-state index in [4.69, 9.17) is 18.9 Å². The van der Waals surface area contributed by atoms with E-state index in [0.717, 1.165) is 11.1 Å². The van der Waals surface area contributed by atoms with Crippen molar-refractivity contribution in [2.24, 2.45) is 0 Å². The first kappa shape index (κ1) is 29.1. The van der Waals surface area contributed by atoms with Crippen LogP contribution in [0.15, 0.2) is 24.3 Å². The molecule has 0 spiro atoms. The molecule has 0 aromatic heterocycles. The fourth-order valence-electron chi connectivity index (χ4n) is 3.29. The molecule has 0 aliphatic heterocycles. The molecule has 0 amide bonds. The zero-order chi connectivity index (χ0) is 25.3. The van der Waals surface area contributed by atoms with Crippen LogP contribution < -0.4 is 0 Å². The maximum Gasteiger partial charge on any atom is 0.306 e. The Balaban J connectivity index is 2.98. The second-order valence-electron chi connectivity index (χ2n) is 7.63. The molecule has 0 saturated heterocycles. The van der Waals surface area contributed by atoms with Gasteiger partial charge in [-0.05, 0) is 11.1 Å². The molecular formula is C24H36N2O8. The lowest BCUT2D eigenvalue weighted by atomic mass is 10.1. The van der Waals surface area contributed by atoms with E-state index >= 15 is 0 Å². The van der Waals surface area contributed by atoms with Gasteiger partial charge in [0, 0.05) is 39.3 Å². The highest BCUT2D eigenvalue weighted by atomic mass is 16.5. The summed E-state index contributed by atoms with van der Waals surface area (Å²) >= 11 is 0. The Morgan fingerprint density at radius 1 is 0.559 bits per heavy atom. The molecular weight excluding hydrogens is 444 g/mol. The van der Waals surface area contributed by atoms with Crippen molar-refractivity contribution in [2.75, 3.05) is 54.6 Å². The summed E-state index contributed by atoms with van der Waals surface area (Å²) in [5.74, 6) is -1.30. The lowest BCUT2D eigenvalue weighted by Crippen LogP contribution is -2.31. The maximum atomic E-state index is 11.7. The van der Waals surface area contributed by atoms with Crippen molar-refractivity contribution in [3.63, 3.8) is 0 Å². The van der Waals surface area contributed by atoms with E-state index in [0.29, 0.717) is 39.3 Å². The first-order chi connectivity index (χ1) is 16.3. The minimum atomic E-state index is -0.326. The normalized spacial score (nSPS) is 10.8. The van der Waals surface area contributed by atoms with Crippen molar-refractivity contribution < 1.29 is 38.1 Å². The number of esters is 4. The number of carbonyl (C=O) groups excluding carboxylic acids is 4. The molecule has 0 fully saturated rings. The third kappa shape index (κ3) is 11.8. The van der Waals surface area contributed by atoms with E-state index in [-0.39, 0.29) is 49.6 Å². The zero-order valence-electron chi connectivity index (χ0n) is 20.5. The predicted octanol–water partition coefficient (Wildman–Crippen LogP) is 1.54. The topological polar surface area (TPSA) is 112 Å². The minimum absolute atomic E-state index is 0.199. The Bertz CT molecular complexity index is 694. The van der Waals surface area contributed by atoms with E-state index in [2.05, 4.69) is 0 Å². The lowest BCUT2D eigenvalue weighted by molar-refractivity contribution is -0.143. The lowest BCUT2D eigenvalue weighted by Gasteiger charge is -2.26. The van der Waals surface area contributed by atoms with Gasteiger partial charge in [0.25, 0.3) is 0 Å². The fourth-order valence-corrected chi connectivity index (χ4v) is 3.29. The highest BCUT2D eigenvalue weighted by Crippen LogP contribution is 2.16. The van der Waals surface area contributed by atoms with E-state index < -0.39 is 0 Å². The van der Waals surface area contributed by atoms with Crippen LogP contribution in [0.25, 0.3) is 0 Å². The first-order valence-electron chi connectivity index (χ1n) is 11.1. The number of carbonyl (C=O) groups is 4. The molecule has 1 aromatic carbocycles. The van der Waals surface area contributed by atoms with Crippen LogP contribution in [0.3, 0.4) is 0 Å². The zero-order valence-corrected chi connectivity index (χ0v) is 20.5. The molecule has 0 heterocycles. The van der Waals surface area contributed by atoms with Crippen LogP contribution in [0, 0.1) is 0 Å². The third-order valence-electron chi connectivity index (χ3n) is 5.35. The molecule has 0 aliphatic rings. The standard InChI is InChI=1S/C24H36N2O8/c1-31-21(27)9-13-25(14-10-22(28)32-2)17-19-7-5-6-8-20(19)18-26(15-11-23(29)33-3)16-12-24(30)34-4/h5-8H,9-18H2,1-4H3. The number of rotatable bonds is 16. The van der Waals surface area contributed by atoms with Crippen molar-refractivity contribution in [1.29, 1.82) is 0 Å². The van der Waals surface area contributed by atoms with Gasteiger partial charge < -0.3 is 18.9 Å². The Morgan fingerprint density at radius 3 is 1.06 bits per heavy atom. The van der Waals surface area contributed by atoms with Gasteiger partial charge in [0.2, 0.25) is 0 Å². The minimum Gasteiger partial charge on any atom is -0.469 e. The first-order valence-corrected chi connectivity index (χ1v) is 11.1. The molecule has 1 aromatic rings. The van der Waals surface area contributed by atoms with Gasteiger partial charge in [-0.15, -0.1) is 0 Å². The summed E-state index contributed by atoms with van der Waals surface area (Å²) in [6.07, 6.45) is 0.795. The van der Waals surface area contributed by atoms with Gasteiger partial charge in [-0.25, -0.2) is 0 Å². The number of ether oxygens (including phenoxy) is 4. The third-order valence-corrected chi connectivity index (χ3v) is 5.35. The molecule has 0 N–H and O–H groups in total. The highest BCUT2D eigenvalue weighted by molar-refractivity contribution is 5.70. The van der Waals surface area contributed by atoms with Crippen molar-refractivity contribution in [3.8, 4) is 0 Å². The van der Waals surface area contributed by atoms with Crippen molar-refractivity contribution >= 4 is 23.9 Å². The number of methoxy groups -OCH3 is 4. The Kier molecular flexibility index (Phi) is 14.2.